The van der Waals surface area contributed by atoms with Crippen molar-refractivity contribution in [2.75, 3.05) is 0 Å². The fourth-order valence-corrected chi connectivity index (χ4v) is 0. The van der Waals surface area contributed by atoms with Crippen molar-refractivity contribution in [3.05, 3.63) is 0 Å². The average Bonchev–Trinajstić information content (AvgIpc) is 2.29. The highest BCUT2D eigenvalue weighted by Gasteiger charge is 1.56. The minimum atomic E-state index is 1.32. The zero-order chi connectivity index (χ0) is 11.4. The summed E-state index contributed by atoms with van der Waals surface area (Å²) in [5, 5.41) is 0. The van der Waals surface area contributed by atoms with E-state index >= 15 is 0 Å². The summed E-state index contributed by atoms with van der Waals surface area (Å²) in [6.07, 6.45) is 2.64. The van der Waals surface area contributed by atoms with E-state index in [-0.39, 0.29) is 0 Å². The highest BCUT2D eigenvalue weighted by atomic mass is 13.6. The maximum atomic E-state index is 2.18. The zero-order valence-electron chi connectivity index (χ0n) is 11.4. The first kappa shape index (κ1) is 29.6. The van der Waals surface area contributed by atoms with Gasteiger partial charge in [0.25, 0.3) is 0 Å². The van der Waals surface area contributed by atoms with E-state index in [1.165, 1.54) is 12.8 Å². The Labute approximate surface area is 82.8 Å². The molecule has 0 spiro atoms. The van der Waals surface area contributed by atoms with Gasteiger partial charge in [0.15, 0.2) is 0 Å². The van der Waals surface area contributed by atoms with Gasteiger partial charge in [-0.1, -0.05) is 82.1 Å². The van der Waals surface area contributed by atoms with Crippen LogP contribution in [0.1, 0.15) is 82.1 Å². The van der Waals surface area contributed by atoms with Crippen LogP contribution in [0.15, 0.2) is 0 Å². The molecule has 0 unspecified atom stereocenters. The van der Waals surface area contributed by atoms with Crippen LogP contribution in [0.5, 0.6) is 0 Å². The second-order valence-corrected chi connectivity index (χ2v) is 1.000. The van der Waals surface area contributed by atoms with E-state index in [0.29, 0.717) is 0 Å². The molecule has 0 aliphatic carbocycles. The van der Waals surface area contributed by atoms with Crippen molar-refractivity contribution in [3.8, 4) is 0 Å². The SMILES string of the molecule is CC.CC.CC.CC.CCCC. The Morgan fingerprint density at radius 3 is 0.500 bits per heavy atom. The first-order valence-corrected chi connectivity index (χ1v) is 5.91. The molecule has 0 saturated heterocycles. The van der Waals surface area contributed by atoms with Gasteiger partial charge in [0, 0.05) is 0 Å². The minimum absolute atomic E-state index is 1.32. The van der Waals surface area contributed by atoms with E-state index in [1.807, 2.05) is 55.4 Å². The van der Waals surface area contributed by atoms with E-state index < -0.39 is 0 Å². The van der Waals surface area contributed by atoms with Crippen LogP contribution in [-0.2, 0) is 0 Å². The van der Waals surface area contributed by atoms with Crippen molar-refractivity contribution in [1.82, 2.24) is 0 Å². The molecule has 12 heavy (non-hydrogen) atoms. The Bertz CT molecular complexity index is 2.00. The Morgan fingerprint density at radius 2 is 0.500 bits per heavy atom. The molecule has 0 atom stereocenters. The van der Waals surface area contributed by atoms with Gasteiger partial charge in [-0.05, 0) is 0 Å². The highest BCUT2D eigenvalue weighted by molar-refractivity contribution is 4.12. The fraction of sp³-hybridized carbons (Fsp3) is 1.00. The van der Waals surface area contributed by atoms with Gasteiger partial charge >= 0.3 is 0 Å². The predicted octanol–water partition coefficient (Wildman–Crippen LogP) is 5.91. The summed E-state index contributed by atoms with van der Waals surface area (Å²) < 4.78 is 0. The molecular formula is C12H34. The number of hydrogen-bond donors (Lipinski definition) is 0. The summed E-state index contributed by atoms with van der Waals surface area (Å²) in [5.41, 5.74) is 0. The van der Waals surface area contributed by atoms with E-state index in [1.54, 1.807) is 0 Å². The van der Waals surface area contributed by atoms with Crippen molar-refractivity contribution < 1.29 is 0 Å². The fourth-order valence-electron chi connectivity index (χ4n) is 0. The molecule has 0 heteroatoms. The van der Waals surface area contributed by atoms with Crippen LogP contribution in [0.4, 0.5) is 0 Å². The average molecular weight is 178 g/mol. The van der Waals surface area contributed by atoms with E-state index in [0.717, 1.165) is 0 Å². The monoisotopic (exact) mass is 178 g/mol. The second kappa shape index (κ2) is 275. The molecule has 0 fully saturated rings. The number of hydrogen-bond acceptors (Lipinski definition) is 0. The molecule has 0 radical (unpaired) electrons. The third-order valence-electron chi connectivity index (χ3n) is 0.500. The van der Waals surface area contributed by atoms with Crippen molar-refractivity contribution in [2.45, 2.75) is 82.1 Å². The second-order valence-electron chi connectivity index (χ2n) is 1.000. The molecule has 0 bridgehead atoms. The third kappa shape index (κ3) is 810. The summed E-state index contributed by atoms with van der Waals surface area (Å²) in [5.74, 6) is 0. The molecule has 0 nitrogen and oxygen atoms in total. The quantitative estimate of drug-likeness (QED) is 0.468. The molecule has 0 aromatic carbocycles. The zero-order valence-corrected chi connectivity index (χ0v) is 11.4. The lowest BCUT2D eigenvalue weighted by Gasteiger charge is -1.68. The predicted molar refractivity (Wildman–Crippen MR) is 66.0 cm³/mol. The summed E-state index contributed by atoms with van der Waals surface area (Å²) in [7, 11) is 0. The molecule has 0 aliphatic rings. The van der Waals surface area contributed by atoms with Crippen LogP contribution in [0, 0.1) is 0 Å². The molecule has 0 saturated carbocycles. The van der Waals surface area contributed by atoms with Crippen LogP contribution in [0.3, 0.4) is 0 Å². The van der Waals surface area contributed by atoms with Gasteiger partial charge in [0.1, 0.15) is 0 Å². The van der Waals surface area contributed by atoms with Crippen LogP contribution in [0.2, 0.25) is 0 Å². The summed E-state index contributed by atoms with van der Waals surface area (Å²) in [4.78, 5) is 0. The molecule has 82 valence electrons. The summed E-state index contributed by atoms with van der Waals surface area (Å²) >= 11 is 0. The molecule has 0 heterocycles. The Kier molecular flexibility index (Phi) is 679. The lowest BCUT2D eigenvalue weighted by atomic mass is 10.4. The smallest absolute Gasteiger partial charge is 0.0564 e. The first-order chi connectivity index (χ1) is 5.91. The summed E-state index contributed by atoms with van der Waals surface area (Å²) in [6.45, 7) is 20.4. The molecular weight excluding hydrogens is 144 g/mol. The van der Waals surface area contributed by atoms with Crippen molar-refractivity contribution >= 4 is 0 Å². The maximum Gasteiger partial charge on any atom is -0.0564 e. The lowest BCUT2D eigenvalue weighted by Crippen LogP contribution is -1.47. The van der Waals surface area contributed by atoms with E-state index in [2.05, 4.69) is 13.8 Å². The van der Waals surface area contributed by atoms with E-state index in [4.69, 9.17) is 0 Å². The Balaban J connectivity index is -0.0000000181. The van der Waals surface area contributed by atoms with Crippen LogP contribution in [-0.4, -0.2) is 0 Å². The van der Waals surface area contributed by atoms with Crippen LogP contribution < -0.4 is 0 Å². The third-order valence-corrected chi connectivity index (χ3v) is 0.500. The van der Waals surface area contributed by atoms with Gasteiger partial charge in [0.05, 0.1) is 0 Å². The topological polar surface area (TPSA) is 0 Å². The largest absolute Gasteiger partial charge is 0.0683 e. The molecule has 0 aliphatic heterocycles. The van der Waals surface area contributed by atoms with Crippen molar-refractivity contribution in [3.63, 3.8) is 0 Å². The maximum absolute atomic E-state index is 2.18. The van der Waals surface area contributed by atoms with Gasteiger partial charge < -0.3 is 0 Å². The Hall–Kier alpha value is 0. The van der Waals surface area contributed by atoms with Gasteiger partial charge in [-0.3, -0.25) is 0 Å². The molecule has 0 rings (SSSR count). The molecule has 0 aromatic rings. The van der Waals surface area contributed by atoms with E-state index in [9.17, 15) is 0 Å². The minimum Gasteiger partial charge on any atom is -0.0683 e. The molecule has 0 aromatic heterocycles. The first-order valence-electron chi connectivity index (χ1n) is 5.91. The molecule has 0 N–H and O–H groups in total. The Morgan fingerprint density at radius 1 is 0.417 bits per heavy atom. The van der Waals surface area contributed by atoms with Crippen LogP contribution in [0.25, 0.3) is 0 Å². The lowest BCUT2D eigenvalue weighted by molar-refractivity contribution is 0.886. The van der Waals surface area contributed by atoms with Gasteiger partial charge in [-0.2, -0.15) is 0 Å². The van der Waals surface area contributed by atoms with Gasteiger partial charge in [-0.25, -0.2) is 0 Å². The van der Waals surface area contributed by atoms with Gasteiger partial charge in [0.2, 0.25) is 0 Å². The standard InChI is InChI=1S/C4H10.4C2H6/c1-3-4-2;4*1-2/h3-4H2,1-2H3;4*1-2H3. The molecule has 0 amide bonds. The van der Waals surface area contributed by atoms with Gasteiger partial charge in [-0.15, -0.1) is 0 Å². The number of unbranched alkanes of at least 4 members (excludes halogenated alkanes) is 1. The number of rotatable bonds is 1. The van der Waals surface area contributed by atoms with Crippen LogP contribution >= 0.6 is 0 Å². The summed E-state index contributed by atoms with van der Waals surface area (Å²) in [6, 6.07) is 0. The van der Waals surface area contributed by atoms with Crippen molar-refractivity contribution in [2.24, 2.45) is 0 Å². The normalized spacial score (nSPS) is 4.50. The highest BCUT2D eigenvalue weighted by Crippen LogP contribution is 1.76. The van der Waals surface area contributed by atoms with Crippen molar-refractivity contribution in [1.29, 1.82) is 0 Å².